The number of carbonyl (C=O) groups is 3. The van der Waals surface area contributed by atoms with Crippen molar-refractivity contribution in [2.45, 2.75) is 38.3 Å². The van der Waals surface area contributed by atoms with Crippen LogP contribution in [0.3, 0.4) is 0 Å². The summed E-state index contributed by atoms with van der Waals surface area (Å²) in [6.07, 6.45) is -0.0924. The predicted molar refractivity (Wildman–Crippen MR) is 69.7 cm³/mol. The van der Waals surface area contributed by atoms with Crippen LogP contribution < -0.4 is 10.6 Å². The van der Waals surface area contributed by atoms with E-state index < -0.39 is 36.2 Å². The summed E-state index contributed by atoms with van der Waals surface area (Å²) in [5.74, 6) is -0.844. The maximum atomic E-state index is 11.9. The first-order chi connectivity index (χ1) is 9.15. The van der Waals surface area contributed by atoms with Crippen LogP contribution in [0.15, 0.2) is 0 Å². The van der Waals surface area contributed by atoms with Crippen molar-refractivity contribution in [1.29, 1.82) is 0 Å². The molecule has 4 N–H and O–H groups in total. The third kappa shape index (κ3) is 3.45. The first-order valence-corrected chi connectivity index (χ1v) is 6.32. The van der Waals surface area contributed by atoms with Gasteiger partial charge in [0.2, 0.25) is 5.91 Å². The summed E-state index contributed by atoms with van der Waals surface area (Å²) in [5, 5.41) is 23.1. The highest BCUT2D eigenvalue weighted by Gasteiger charge is 2.44. The van der Waals surface area contributed by atoms with E-state index in [2.05, 4.69) is 10.6 Å². The van der Waals surface area contributed by atoms with Gasteiger partial charge in [-0.1, -0.05) is 0 Å². The SMILES string of the molecule is CC(CO)(CO)NC(=O)CCN1C(=O)NC(C)(C)C1=O. The lowest BCUT2D eigenvalue weighted by Crippen LogP contribution is -2.52. The molecule has 0 aromatic carbocycles. The van der Waals surface area contributed by atoms with Crippen molar-refractivity contribution >= 4 is 17.8 Å². The number of nitrogens with zero attached hydrogens (tertiary/aromatic N) is 1. The van der Waals surface area contributed by atoms with Crippen molar-refractivity contribution in [3.05, 3.63) is 0 Å². The monoisotopic (exact) mass is 287 g/mol. The Morgan fingerprint density at radius 3 is 2.30 bits per heavy atom. The molecule has 20 heavy (non-hydrogen) atoms. The Morgan fingerprint density at radius 1 is 1.35 bits per heavy atom. The second-order valence-corrected chi connectivity index (χ2v) is 5.69. The Hall–Kier alpha value is -1.67. The summed E-state index contributed by atoms with van der Waals surface area (Å²) in [6.45, 7) is 3.79. The van der Waals surface area contributed by atoms with Crippen LogP contribution in [0, 0.1) is 0 Å². The molecule has 1 saturated heterocycles. The summed E-state index contributed by atoms with van der Waals surface area (Å²) in [7, 11) is 0. The average Bonchev–Trinajstić information content (AvgIpc) is 2.56. The normalized spacial score (nSPS) is 18.1. The molecule has 1 fully saturated rings. The molecule has 1 aliphatic rings. The second-order valence-electron chi connectivity index (χ2n) is 5.69. The highest BCUT2D eigenvalue weighted by Crippen LogP contribution is 2.16. The minimum Gasteiger partial charge on any atom is -0.394 e. The molecule has 1 aliphatic heterocycles. The average molecular weight is 287 g/mol. The fourth-order valence-corrected chi connectivity index (χ4v) is 1.76. The Labute approximate surface area is 117 Å². The van der Waals surface area contributed by atoms with Gasteiger partial charge in [0.25, 0.3) is 5.91 Å². The van der Waals surface area contributed by atoms with E-state index in [1.54, 1.807) is 13.8 Å². The van der Waals surface area contributed by atoms with Gasteiger partial charge in [-0.2, -0.15) is 0 Å². The Kier molecular flexibility index (Phi) is 4.72. The molecule has 1 rings (SSSR count). The van der Waals surface area contributed by atoms with Crippen LogP contribution in [-0.4, -0.2) is 63.8 Å². The van der Waals surface area contributed by atoms with Gasteiger partial charge in [0.15, 0.2) is 0 Å². The quantitative estimate of drug-likeness (QED) is 0.446. The van der Waals surface area contributed by atoms with E-state index in [1.807, 2.05) is 0 Å². The van der Waals surface area contributed by atoms with Gasteiger partial charge in [-0.3, -0.25) is 14.5 Å². The largest absolute Gasteiger partial charge is 0.394 e. The van der Waals surface area contributed by atoms with Gasteiger partial charge in [-0.25, -0.2) is 4.79 Å². The van der Waals surface area contributed by atoms with E-state index in [9.17, 15) is 14.4 Å². The molecule has 0 saturated carbocycles. The van der Waals surface area contributed by atoms with Crippen molar-refractivity contribution in [3.8, 4) is 0 Å². The summed E-state index contributed by atoms with van der Waals surface area (Å²) >= 11 is 0. The fourth-order valence-electron chi connectivity index (χ4n) is 1.76. The van der Waals surface area contributed by atoms with Crippen LogP contribution in [-0.2, 0) is 9.59 Å². The molecule has 0 aromatic heterocycles. The van der Waals surface area contributed by atoms with Crippen LogP contribution in [0.25, 0.3) is 0 Å². The molecule has 0 aromatic rings. The number of aliphatic hydroxyl groups is 2. The maximum absolute atomic E-state index is 11.9. The predicted octanol–water partition coefficient (Wildman–Crippen LogP) is -1.43. The molecule has 0 bridgehead atoms. The minimum atomic E-state index is -1.12. The molecule has 114 valence electrons. The van der Waals surface area contributed by atoms with Gasteiger partial charge in [-0.15, -0.1) is 0 Å². The zero-order valence-electron chi connectivity index (χ0n) is 11.9. The lowest BCUT2D eigenvalue weighted by molar-refractivity contribution is -0.131. The van der Waals surface area contributed by atoms with Crippen molar-refractivity contribution in [3.63, 3.8) is 0 Å². The van der Waals surface area contributed by atoms with Gasteiger partial charge in [0, 0.05) is 13.0 Å². The van der Waals surface area contributed by atoms with E-state index in [-0.39, 0.29) is 18.9 Å². The third-order valence-electron chi connectivity index (χ3n) is 3.15. The smallest absolute Gasteiger partial charge is 0.325 e. The number of urea groups is 1. The van der Waals surface area contributed by atoms with E-state index in [4.69, 9.17) is 10.2 Å². The van der Waals surface area contributed by atoms with Crippen molar-refractivity contribution in [1.82, 2.24) is 15.5 Å². The molecule has 0 unspecified atom stereocenters. The van der Waals surface area contributed by atoms with E-state index >= 15 is 0 Å². The van der Waals surface area contributed by atoms with Crippen LogP contribution in [0.1, 0.15) is 27.2 Å². The molecule has 0 atom stereocenters. The van der Waals surface area contributed by atoms with Crippen LogP contribution in [0.4, 0.5) is 4.79 Å². The number of imide groups is 1. The summed E-state index contributed by atoms with van der Waals surface area (Å²) < 4.78 is 0. The van der Waals surface area contributed by atoms with Crippen molar-refractivity contribution in [2.24, 2.45) is 0 Å². The van der Waals surface area contributed by atoms with E-state index in [0.717, 1.165) is 4.90 Å². The summed E-state index contributed by atoms with van der Waals surface area (Å²) in [4.78, 5) is 36.2. The van der Waals surface area contributed by atoms with Crippen LogP contribution in [0.5, 0.6) is 0 Å². The van der Waals surface area contributed by atoms with Gasteiger partial charge >= 0.3 is 6.03 Å². The van der Waals surface area contributed by atoms with Crippen LogP contribution >= 0.6 is 0 Å². The molecular weight excluding hydrogens is 266 g/mol. The molecule has 0 radical (unpaired) electrons. The lowest BCUT2D eigenvalue weighted by Gasteiger charge is -2.26. The standard InChI is InChI=1S/C12H21N3O5/c1-11(2)9(19)15(10(20)14-11)5-4-8(18)13-12(3,6-16)7-17/h16-17H,4-7H2,1-3H3,(H,13,18)(H,14,20). The number of hydrogen-bond donors (Lipinski definition) is 4. The molecule has 0 aliphatic carbocycles. The number of nitrogens with one attached hydrogen (secondary N) is 2. The number of aliphatic hydroxyl groups excluding tert-OH is 2. The van der Waals surface area contributed by atoms with E-state index in [1.165, 1.54) is 6.92 Å². The second kappa shape index (κ2) is 5.76. The Morgan fingerprint density at radius 2 is 1.90 bits per heavy atom. The summed E-state index contributed by atoms with van der Waals surface area (Å²) in [5.41, 5.74) is -2.08. The first kappa shape index (κ1) is 16.4. The molecule has 1 heterocycles. The number of amides is 4. The van der Waals surface area contributed by atoms with Gasteiger partial charge in [0.1, 0.15) is 5.54 Å². The Balaban J connectivity index is 2.54. The number of rotatable bonds is 6. The summed E-state index contributed by atoms with van der Waals surface area (Å²) in [6, 6.07) is -0.528. The van der Waals surface area contributed by atoms with Gasteiger partial charge in [-0.05, 0) is 20.8 Å². The lowest BCUT2D eigenvalue weighted by atomic mass is 10.1. The zero-order chi connectivity index (χ0) is 15.6. The third-order valence-corrected chi connectivity index (χ3v) is 3.15. The number of carbonyl (C=O) groups excluding carboxylic acids is 3. The van der Waals surface area contributed by atoms with Gasteiger partial charge < -0.3 is 20.8 Å². The van der Waals surface area contributed by atoms with E-state index in [0.29, 0.717) is 0 Å². The molecule has 8 heteroatoms. The van der Waals surface area contributed by atoms with Crippen molar-refractivity contribution < 1.29 is 24.6 Å². The number of hydrogen-bond acceptors (Lipinski definition) is 5. The first-order valence-electron chi connectivity index (χ1n) is 6.32. The van der Waals surface area contributed by atoms with Crippen LogP contribution in [0.2, 0.25) is 0 Å². The molecule has 4 amide bonds. The molecule has 8 nitrogen and oxygen atoms in total. The maximum Gasteiger partial charge on any atom is 0.325 e. The highest BCUT2D eigenvalue weighted by atomic mass is 16.3. The topological polar surface area (TPSA) is 119 Å². The van der Waals surface area contributed by atoms with Gasteiger partial charge in [0.05, 0.1) is 18.8 Å². The highest BCUT2D eigenvalue weighted by molar-refractivity contribution is 6.06. The minimum absolute atomic E-state index is 0.0487. The molecule has 0 spiro atoms. The van der Waals surface area contributed by atoms with Crippen molar-refractivity contribution in [2.75, 3.05) is 19.8 Å². The molecular formula is C12H21N3O5. The Bertz CT molecular complexity index is 417. The zero-order valence-corrected chi connectivity index (χ0v) is 11.9. The fraction of sp³-hybridized carbons (Fsp3) is 0.750.